The first kappa shape index (κ1) is 14.5. The maximum atomic E-state index is 12.3. The number of carbonyl (C=O) groups is 2. The van der Waals surface area contributed by atoms with Gasteiger partial charge in [0.05, 0.1) is 11.7 Å². The SMILES string of the molecule is CC(=O)Nc1cnn(CC(=O)n2c(=O)oc3cc(N)ccc32)n1. The van der Waals surface area contributed by atoms with Gasteiger partial charge in [0, 0.05) is 18.7 Å². The third kappa shape index (κ3) is 2.81. The van der Waals surface area contributed by atoms with Crippen molar-refractivity contribution in [2.75, 3.05) is 11.1 Å². The minimum absolute atomic E-state index is 0.211. The number of anilines is 2. The van der Waals surface area contributed by atoms with Gasteiger partial charge in [0.25, 0.3) is 5.91 Å². The van der Waals surface area contributed by atoms with Crippen molar-refractivity contribution in [2.45, 2.75) is 13.5 Å². The number of nitrogens with one attached hydrogen (secondary N) is 1. The number of aromatic nitrogens is 4. The lowest BCUT2D eigenvalue weighted by Gasteiger charge is -2.01. The molecular weight excluding hydrogens is 304 g/mol. The highest BCUT2D eigenvalue weighted by molar-refractivity contribution is 5.90. The van der Waals surface area contributed by atoms with E-state index in [1.807, 2.05) is 0 Å². The normalized spacial score (nSPS) is 10.8. The summed E-state index contributed by atoms with van der Waals surface area (Å²) in [6, 6.07) is 4.54. The second kappa shape index (κ2) is 5.40. The smallest absolute Gasteiger partial charge is 0.407 e. The Balaban J connectivity index is 1.89. The van der Waals surface area contributed by atoms with Crippen molar-refractivity contribution in [1.29, 1.82) is 0 Å². The predicted octanol–water partition coefficient (Wildman–Crippen LogP) is 0.0670. The number of hydrogen-bond acceptors (Lipinski definition) is 7. The zero-order valence-electron chi connectivity index (χ0n) is 12.0. The van der Waals surface area contributed by atoms with Gasteiger partial charge in [-0.25, -0.2) is 9.36 Å². The number of carbonyl (C=O) groups excluding carboxylic acids is 2. The molecule has 3 aromatic rings. The molecule has 118 valence electrons. The molecule has 0 aliphatic rings. The highest BCUT2D eigenvalue weighted by atomic mass is 16.4. The van der Waals surface area contributed by atoms with Gasteiger partial charge in [0.15, 0.2) is 11.4 Å². The molecule has 2 heterocycles. The zero-order chi connectivity index (χ0) is 16.6. The molecule has 0 bridgehead atoms. The lowest BCUT2D eigenvalue weighted by atomic mass is 10.3. The summed E-state index contributed by atoms with van der Waals surface area (Å²) in [7, 11) is 0. The molecule has 0 saturated heterocycles. The average molecular weight is 316 g/mol. The molecule has 10 nitrogen and oxygen atoms in total. The van der Waals surface area contributed by atoms with Crippen LogP contribution in [0.5, 0.6) is 0 Å². The second-order valence-corrected chi connectivity index (χ2v) is 4.77. The van der Waals surface area contributed by atoms with Crippen molar-refractivity contribution in [1.82, 2.24) is 19.6 Å². The number of nitrogen functional groups attached to an aromatic ring is 1. The van der Waals surface area contributed by atoms with Crippen molar-refractivity contribution in [3.63, 3.8) is 0 Å². The van der Waals surface area contributed by atoms with Crippen LogP contribution in [0.1, 0.15) is 11.7 Å². The monoisotopic (exact) mass is 316 g/mol. The Labute approximate surface area is 128 Å². The van der Waals surface area contributed by atoms with Crippen molar-refractivity contribution in [3.8, 4) is 0 Å². The molecule has 0 saturated carbocycles. The van der Waals surface area contributed by atoms with E-state index in [-0.39, 0.29) is 23.9 Å². The Kier molecular flexibility index (Phi) is 3.41. The van der Waals surface area contributed by atoms with Gasteiger partial charge in [0.1, 0.15) is 6.54 Å². The Bertz CT molecular complexity index is 966. The Morgan fingerprint density at radius 1 is 1.39 bits per heavy atom. The van der Waals surface area contributed by atoms with Gasteiger partial charge in [-0.1, -0.05) is 0 Å². The van der Waals surface area contributed by atoms with Crippen LogP contribution in [-0.4, -0.2) is 31.4 Å². The molecule has 10 heteroatoms. The molecule has 0 unspecified atom stereocenters. The topological polar surface area (TPSA) is 138 Å². The number of rotatable bonds is 3. The summed E-state index contributed by atoms with van der Waals surface area (Å²) in [5.74, 6) is -1.49. The molecule has 2 aromatic heterocycles. The van der Waals surface area contributed by atoms with Gasteiger partial charge in [0.2, 0.25) is 5.91 Å². The fourth-order valence-corrected chi connectivity index (χ4v) is 2.07. The van der Waals surface area contributed by atoms with Crippen LogP contribution >= 0.6 is 0 Å². The molecule has 23 heavy (non-hydrogen) atoms. The van der Waals surface area contributed by atoms with Crippen molar-refractivity contribution in [2.24, 2.45) is 0 Å². The molecule has 0 aliphatic carbocycles. The number of hydrogen-bond donors (Lipinski definition) is 2. The maximum absolute atomic E-state index is 12.3. The third-order valence-electron chi connectivity index (χ3n) is 2.97. The first-order chi connectivity index (χ1) is 10.9. The Morgan fingerprint density at radius 3 is 2.91 bits per heavy atom. The first-order valence-corrected chi connectivity index (χ1v) is 6.56. The quantitative estimate of drug-likeness (QED) is 0.652. The summed E-state index contributed by atoms with van der Waals surface area (Å²) in [6.07, 6.45) is 1.30. The van der Waals surface area contributed by atoms with E-state index in [1.54, 1.807) is 6.07 Å². The number of fused-ring (bicyclic) bond motifs is 1. The van der Waals surface area contributed by atoms with E-state index in [9.17, 15) is 14.4 Å². The summed E-state index contributed by atoms with van der Waals surface area (Å²) in [4.78, 5) is 36.2. The standard InChI is InChI=1S/C13H12N6O4/c1-7(20)16-11-5-15-18(17-11)6-12(21)19-9-3-2-8(14)4-10(9)23-13(19)22/h2-5H,6,14H2,1H3,(H,16,17,20). The summed E-state index contributed by atoms with van der Waals surface area (Å²) in [6.45, 7) is 1.03. The largest absolute Gasteiger partial charge is 0.426 e. The van der Waals surface area contributed by atoms with Crippen LogP contribution in [-0.2, 0) is 11.3 Å². The second-order valence-electron chi connectivity index (χ2n) is 4.77. The molecule has 1 amide bonds. The molecule has 0 radical (unpaired) electrons. The zero-order valence-corrected chi connectivity index (χ0v) is 12.0. The summed E-state index contributed by atoms with van der Waals surface area (Å²) >= 11 is 0. The van der Waals surface area contributed by atoms with E-state index in [0.29, 0.717) is 11.2 Å². The molecule has 3 N–H and O–H groups in total. The van der Waals surface area contributed by atoms with E-state index in [2.05, 4.69) is 15.5 Å². The first-order valence-electron chi connectivity index (χ1n) is 6.56. The van der Waals surface area contributed by atoms with E-state index in [1.165, 1.54) is 25.3 Å². The van der Waals surface area contributed by atoms with Crippen LogP contribution < -0.4 is 16.8 Å². The lowest BCUT2D eigenvalue weighted by Crippen LogP contribution is -2.27. The van der Waals surface area contributed by atoms with Crippen LogP contribution in [0.2, 0.25) is 0 Å². The van der Waals surface area contributed by atoms with Crippen molar-refractivity contribution < 1.29 is 14.0 Å². The minimum atomic E-state index is -0.815. The molecule has 0 atom stereocenters. The molecule has 1 aromatic carbocycles. The number of benzene rings is 1. The van der Waals surface area contributed by atoms with Crippen LogP contribution in [0.3, 0.4) is 0 Å². The summed E-state index contributed by atoms with van der Waals surface area (Å²) < 4.78 is 5.88. The van der Waals surface area contributed by atoms with Crippen LogP contribution in [0, 0.1) is 0 Å². The fourth-order valence-electron chi connectivity index (χ4n) is 2.07. The number of nitrogens with two attached hydrogens (primary N) is 1. The summed E-state index contributed by atoms with van der Waals surface area (Å²) in [5, 5.41) is 10.2. The average Bonchev–Trinajstić information content (AvgIpc) is 3.00. The number of oxazole rings is 1. The predicted molar refractivity (Wildman–Crippen MR) is 79.8 cm³/mol. The van der Waals surface area contributed by atoms with E-state index in [0.717, 1.165) is 9.36 Å². The van der Waals surface area contributed by atoms with E-state index in [4.69, 9.17) is 10.2 Å². The van der Waals surface area contributed by atoms with E-state index >= 15 is 0 Å². The molecule has 3 rings (SSSR count). The number of nitrogens with zero attached hydrogens (tertiary/aromatic N) is 4. The fraction of sp³-hybridized carbons (Fsp3) is 0.154. The Hall–Kier alpha value is -3.43. The number of amides is 1. The maximum Gasteiger partial charge on any atom is 0.426 e. The van der Waals surface area contributed by atoms with Crippen molar-refractivity contribution in [3.05, 3.63) is 34.9 Å². The molecule has 0 fully saturated rings. The minimum Gasteiger partial charge on any atom is -0.407 e. The van der Waals surface area contributed by atoms with E-state index < -0.39 is 11.7 Å². The molecule has 0 aliphatic heterocycles. The van der Waals surface area contributed by atoms with Crippen LogP contribution in [0.25, 0.3) is 11.1 Å². The third-order valence-corrected chi connectivity index (χ3v) is 2.97. The lowest BCUT2D eigenvalue weighted by molar-refractivity contribution is -0.114. The van der Waals surface area contributed by atoms with Gasteiger partial charge in [-0.3, -0.25) is 9.59 Å². The molecular formula is C13H12N6O4. The van der Waals surface area contributed by atoms with Gasteiger partial charge >= 0.3 is 5.76 Å². The van der Waals surface area contributed by atoms with Gasteiger partial charge < -0.3 is 15.5 Å². The molecule has 0 spiro atoms. The van der Waals surface area contributed by atoms with Crippen LogP contribution in [0.15, 0.2) is 33.6 Å². The highest BCUT2D eigenvalue weighted by Crippen LogP contribution is 2.16. The summed E-state index contributed by atoms with van der Waals surface area (Å²) in [5.41, 5.74) is 6.55. The van der Waals surface area contributed by atoms with Gasteiger partial charge in [-0.05, 0) is 12.1 Å². The van der Waals surface area contributed by atoms with Gasteiger partial charge in [-0.15, -0.1) is 5.10 Å². The highest BCUT2D eigenvalue weighted by Gasteiger charge is 2.17. The Morgan fingerprint density at radius 2 is 2.17 bits per heavy atom. The van der Waals surface area contributed by atoms with Crippen molar-refractivity contribution >= 4 is 34.4 Å². The van der Waals surface area contributed by atoms with Gasteiger partial charge in [-0.2, -0.15) is 9.90 Å². The van der Waals surface area contributed by atoms with Crippen LogP contribution in [0.4, 0.5) is 11.5 Å².